The summed E-state index contributed by atoms with van der Waals surface area (Å²) in [7, 11) is 0. The Labute approximate surface area is 102 Å². The maximum Gasteiger partial charge on any atom is 0.221 e. The Hall–Kier alpha value is -1.35. The van der Waals surface area contributed by atoms with Crippen molar-refractivity contribution < 1.29 is 4.79 Å². The highest BCUT2D eigenvalue weighted by molar-refractivity contribution is 5.76. The first-order valence-electron chi connectivity index (χ1n) is 6.23. The Morgan fingerprint density at radius 1 is 1.47 bits per heavy atom. The lowest BCUT2D eigenvalue weighted by Gasteiger charge is -2.11. The van der Waals surface area contributed by atoms with Crippen LogP contribution in [0.2, 0.25) is 0 Å². The van der Waals surface area contributed by atoms with Gasteiger partial charge in [-0.1, -0.05) is 24.3 Å². The van der Waals surface area contributed by atoms with Crippen LogP contribution in [-0.2, 0) is 11.3 Å². The zero-order valence-electron chi connectivity index (χ0n) is 10.3. The molecule has 1 aliphatic rings. The van der Waals surface area contributed by atoms with Gasteiger partial charge < -0.3 is 11.1 Å². The molecule has 92 valence electrons. The predicted octanol–water partition coefficient (Wildman–Crippen LogP) is 1.74. The second-order valence-corrected chi connectivity index (χ2v) is 4.91. The van der Waals surface area contributed by atoms with E-state index >= 15 is 0 Å². The van der Waals surface area contributed by atoms with E-state index in [4.69, 9.17) is 5.73 Å². The Bertz CT molecular complexity index is 399. The van der Waals surface area contributed by atoms with E-state index in [9.17, 15) is 4.79 Å². The monoisotopic (exact) mass is 232 g/mol. The molecule has 0 aromatic heterocycles. The fourth-order valence-corrected chi connectivity index (χ4v) is 1.98. The average molecular weight is 232 g/mol. The molecule has 3 N–H and O–H groups in total. The second-order valence-electron chi connectivity index (χ2n) is 4.91. The summed E-state index contributed by atoms with van der Waals surface area (Å²) in [5, 5.41) is 2.93. The molecule has 0 radical (unpaired) electrons. The van der Waals surface area contributed by atoms with Gasteiger partial charge in [0.15, 0.2) is 0 Å². The van der Waals surface area contributed by atoms with Gasteiger partial charge in [-0.05, 0) is 36.8 Å². The van der Waals surface area contributed by atoms with Crippen LogP contribution in [0.25, 0.3) is 0 Å². The van der Waals surface area contributed by atoms with Crippen LogP contribution in [-0.4, -0.2) is 11.9 Å². The van der Waals surface area contributed by atoms with Gasteiger partial charge in [-0.25, -0.2) is 0 Å². The van der Waals surface area contributed by atoms with Crippen LogP contribution < -0.4 is 11.1 Å². The van der Waals surface area contributed by atoms with Gasteiger partial charge in [0.05, 0.1) is 0 Å². The van der Waals surface area contributed by atoms with E-state index < -0.39 is 0 Å². The minimum Gasteiger partial charge on any atom is -0.352 e. The molecule has 3 nitrogen and oxygen atoms in total. The quantitative estimate of drug-likeness (QED) is 0.812. The molecule has 1 saturated carbocycles. The van der Waals surface area contributed by atoms with E-state index in [2.05, 4.69) is 18.3 Å². The van der Waals surface area contributed by atoms with Crippen molar-refractivity contribution in [2.45, 2.75) is 38.8 Å². The lowest BCUT2D eigenvalue weighted by molar-refractivity contribution is -0.121. The predicted molar refractivity (Wildman–Crippen MR) is 68.3 cm³/mol. The number of hydrogen-bond acceptors (Lipinski definition) is 2. The van der Waals surface area contributed by atoms with Crippen LogP contribution in [0.5, 0.6) is 0 Å². The van der Waals surface area contributed by atoms with E-state index in [1.54, 1.807) is 0 Å². The first-order chi connectivity index (χ1) is 8.16. The standard InChI is InChI=1S/C14H20N2O/c1-10-4-2-3-5-12(10)9-16-14(17)8-13(15)11-6-7-11/h2-5,11,13H,6-9,15H2,1H3,(H,16,17). The molecule has 1 aliphatic carbocycles. The highest BCUT2D eigenvalue weighted by Crippen LogP contribution is 2.32. The summed E-state index contributed by atoms with van der Waals surface area (Å²) in [4.78, 5) is 11.7. The maximum atomic E-state index is 11.7. The molecule has 1 aromatic carbocycles. The van der Waals surface area contributed by atoms with Gasteiger partial charge in [0.1, 0.15) is 0 Å². The fraction of sp³-hybridized carbons (Fsp3) is 0.500. The Morgan fingerprint density at radius 3 is 2.82 bits per heavy atom. The summed E-state index contributed by atoms with van der Waals surface area (Å²) in [6, 6.07) is 8.13. The molecule has 1 unspecified atom stereocenters. The van der Waals surface area contributed by atoms with Gasteiger partial charge in [0.2, 0.25) is 5.91 Å². The van der Waals surface area contributed by atoms with Crippen LogP contribution in [0.4, 0.5) is 0 Å². The highest BCUT2D eigenvalue weighted by Gasteiger charge is 2.29. The number of hydrogen-bond donors (Lipinski definition) is 2. The summed E-state index contributed by atoms with van der Waals surface area (Å²) >= 11 is 0. The molecule has 0 heterocycles. The first-order valence-corrected chi connectivity index (χ1v) is 6.23. The molecular formula is C14H20N2O. The van der Waals surface area contributed by atoms with Gasteiger partial charge in [-0.15, -0.1) is 0 Å². The van der Waals surface area contributed by atoms with Crippen molar-refractivity contribution in [3.8, 4) is 0 Å². The van der Waals surface area contributed by atoms with E-state index in [0.717, 1.165) is 0 Å². The van der Waals surface area contributed by atoms with Crippen LogP contribution in [0, 0.1) is 12.8 Å². The topological polar surface area (TPSA) is 55.1 Å². The molecule has 1 amide bonds. The van der Waals surface area contributed by atoms with Crippen LogP contribution in [0.15, 0.2) is 24.3 Å². The molecule has 2 rings (SSSR count). The Morgan fingerprint density at radius 2 is 2.18 bits per heavy atom. The molecule has 1 fully saturated rings. The fourth-order valence-electron chi connectivity index (χ4n) is 1.98. The molecule has 0 saturated heterocycles. The number of carbonyl (C=O) groups is 1. The number of rotatable bonds is 5. The zero-order valence-corrected chi connectivity index (χ0v) is 10.3. The maximum absolute atomic E-state index is 11.7. The van der Waals surface area contributed by atoms with Crippen molar-refractivity contribution >= 4 is 5.91 Å². The largest absolute Gasteiger partial charge is 0.352 e. The summed E-state index contributed by atoms with van der Waals surface area (Å²) < 4.78 is 0. The average Bonchev–Trinajstić information content (AvgIpc) is 3.11. The van der Waals surface area contributed by atoms with Crippen LogP contribution in [0.3, 0.4) is 0 Å². The number of nitrogens with two attached hydrogens (primary N) is 1. The van der Waals surface area contributed by atoms with Crippen molar-refractivity contribution in [3.63, 3.8) is 0 Å². The Balaban J connectivity index is 1.77. The normalized spacial score (nSPS) is 16.6. The van der Waals surface area contributed by atoms with E-state index in [-0.39, 0.29) is 11.9 Å². The van der Waals surface area contributed by atoms with Crippen LogP contribution >= 0.6 is 0 Å². The van der Waals surface area contributed by atoms with Gasteiger partial charge in [0, 0.05) is 19.0 Å². The molecule has 17 heavy (non-hydrogen) atoms. The second kappa shape index (κ2) is 5.32. The number of carbonyl (C=O) groups excluding carboxylic acids is 1. The van der Waals surface area contributed by atoms with Gasteiger partial charge in [-0.3, -0.25) is 4.79 Å². The molecule has 0 bridgehead atoms. The third kappa shape index (κ3) is 3.56. The summed E-state index contributed by atoms with van der Waals surface area (Å²) in [6.45, 7) is 2.65. The van der Waals surface area contributed by atoms with Crippen molar-refractivity contribution in [1.82, 2.24) is 5.32 Å². The number of amides is 1. The molecule has 0 spiro atoms. The van der Waals surface area contributed by atoms with Crippen molar-refractivity contribution in [2.75, 3.05) is 0 Å². The SMILES string of the molecule is Cc1ccccc1CNC(=O)CC(N)C1CC1. The molecule has 3 heteroatoms. The van der Waals surface area contributed by atoms with Crippen molar-refractivity contribution in [2.24, 2.45) is 11.7 Å². The molecular weight excluding hydrogens is 212 g/mol. The highest BCUT2D eigenvalue weighted by atomic mass is 16.1. The lowest BCUT2D eigenvalue weighted by atomic mass is 10.1. The van der Waals surface area contributed by atoms with Gasteiger partial charge in [0.25, 0.3) is 0 Å². The minimum absolute atomic E-state index is 0.0480. The smallest absolute Gasteiger partial charge is 0.221 e. The van der Waals surface area contributed by atoms with E-state index in [1.165, 1.54) is 24.0 Å². The summed E-state index contributed by atoms with van der Waals surface area (Å²) in [5.41, 5.74) is 8.29. The third-order valence-corrected chi connectivity index (χ3v) is 3.39. The zero-order chi connectivity index (χ0) is 12.3. The summed E-state index contributed by atoms with van der Waals surface area (Å²) in [5.74, 6) is 0.645. The molecule has 1 aromatic rings. The van der Waals surface area contributed by atoms with Gasteiger partial charge >= 0.3 is 0 Å². The molecule has 1 atom stereocenters. The first kappa shape index (κ1) is 12.1. The number of benzene rings is 1. The Kier molecular flexibility index (Phi) is 3.79. The third-order valence-electron chi connectivity index (χ3n) is 3.39. The number of nitrogens with one attached hydrogen (secondary N) is 1. The number of aryl methyl sites for hydroxylation is 1. The summed E-state index contributed by atoms with van der Waals surface area (Å²) in [6.07, 6.45) is 2.83. The minimum atomic E-state index is 0.0480. The molecule has 0 aliphatic heterocycles. The van der Waals surface area contributed by atoms with E-state index in [1.807, 2.05) is 18.2 Å². The van der Waals surface area contributed by atoms with Gasteiger partial charge in [-0.2, -0.15) is 0 Å². The van der Waals surface area contributed by atoms with Crippen LogP contribution in [0.1, 0.15) is 30.4 Å². The van der Waals surface area contributed by atoms with Crippen molar-refractivity contribution in [1.29, 1.82) is 0 Å². The van der Waals surface area contributed by atoms with E-state index in [0.29, 0.717) is 18.9 Å². The van der Waals surface area contributed by atoms with Crippen molar-refractivity contribution in [3.05, 3.63) is 35.4 Å². The lowest BCUT2D eigenvalue weighted by Crippen LogP contribution is -2.32.